The van der Waals surface area contributed by atoms with Crippen molar-refractivity contribution in [1.82, 2.24) is 35.6 Å². The maximum atomic E-state index is 15.3. The molecule has 2 aromatic carbocycles. The Morgan fingerprint density at radius 3 is 2.00 bits per heavy atom. The summed E-state index contributed by atoms with van der Waals surface area (Å²) in [6.07, 6.45) is -4.01. The van der Waals surface area contributed by atoms with Gasteiger partial charge in [-0.2, -0.15) is 13.2 Å². The van der Waals surface area contributed by atoms with Crippen LogP contribution in [-0.2, 0) is 59.1 Å². The van der Waals surface area contributed by atoms with E-state index in [1.165, 1.54) is 16.8 Å². The van der Waals surface area contributed by atoms with Crippen LogP contribution < -0.4 is 27.0 Å². The van der Waals surface area contributed by atoms with Crippen LogP contribution in [0.15, 0.2) is 60.8 Å². The maximum Gasteiger partial charge on any atom is 0.490 e. The number of ether oxygens (including phenoxy) is 3. The SMILES string of the molecule is CNC(=O)[C@H](CCN(C(=O)CO)[C@@H](c1cc(-c2cc(F)ccc2F)cn1Cc1ccccc1)C(C)(C)C)NC(=O)[C@@H](NC(=O)[C@@H]1CCCN1C(=O)[C@H](CC(=O)O)NC(=O)CCOCCOCCOCCN)C(C)C.O=C(O)C(F)(F)F. The lowest BCUT2D eigenvalue weighted by atomic mass is 9.82. The van der Waals surface area contributed by atoms with Crippen LogP contribution in [0.25, 0.3) is 11.1 Å². The summed E-state index contributed by atoms with van der Waals surface area (Å²) in [6.45, 7) is 10.1. The van der Waals surface area contributed by atoms with E-state index in [4.69, 9.17) is 29.8 Å². The van der Waals surface area contributed by atoms with Gasteiger partial charge in [-0.1, -0.05) is 65.0 Å². The van der Waals surface area contributed by atoms with Crippen LogP contribution in [0.3, 0.4) is 0 Å². The number of aliphatic hydroxyl groups excluding tert-OH is 1. The van der Waals surface area contributed by atoms with Gasteiger partial charge in [0, 0.05) is 62.7 Å². The van der Waals surface area contributed by atoms with Crippen LogP contribution in [0.1, 0.15) is 84.0 Å². The summed E-state index contributed by atoms with van der Waals surface area (Å²) in [6, 6.07) is 8.13. The van der Waals surface area contributed by atoms with Crippen molar-refractivity contribution >= 4 is 47.4 Å². The number of benzene rings is 2. The molecule has 0 radical (unpaired) electrons. The van der Waals surface area contributed by atoms with Gasteiger partial charge >= 0.3 is 18.1 Å². The summed E-state index contributed by atoms with van der Waals surface area (Å²) in [5, 5.41) is 37.6. The third-order valence-corrected chi connectivity index (χ3v) is 12.6. The quantitative estimate of drug-likeness (QED) is 0.0351. The van der Waals surface area contributed by atoms with Gasteiger partial charge in [-0.05, 0) is 60.4 Å². The molecule has 3 aromatic rings. The van der Waals surface area contributed by atoms with E-state index in [9.17, 15) is 61.3 Å². The van der Waals surface area contributed by atoms with E-state index in [0.29, 0.717) is 44.0 Å². The predicted molar refractivity (Wildman–Crippen MR) is 282 cm³/mol. The van der Waals surface area contributed by atoms with Crippen LogP contribution in [0.5, 0.6) is 0 Å². The number of hydrogen-bond donors (Lipinski definition) is 8. The van der Waals surface area contributed by atoms with E-state index in [2.05, 4.69) is 21.3 Å². The van der Waals surface area contributed by atoms with Crippen molar-refractivity contribution in [1.29, 1.82) is 0 Å². The first kappa shape index (κ1) is 68.2. The summed E-state index contributed by atoms with van der Waals surface area (Å²) >= 11 is 0. The smallest absolute Gasteiger partial charge is 0.481 e. The van der Waals surface area contributed by atoms with Gasteiger partial charge in [0.15, 0.2) is 0 Å². The molecular formula is C54H75F5N8O14. The fraction of sp³-hybridized carbons (Fsp3) is 0.556. The van der Waals surface area contributed by atoms with Gasteiger partial charge in [0.25, 0.3) is 0 Å². The van der Waals surface area contributed by atoms with Crippen molar-refractivity contribution in [2.24, 2.45) is 17.1 Å². The van der Waals surface area contributed by atoms with Crippen molar-refractivity contribution < 1.29 is 89.8 Å². The maximum absolute atomic E-state index is 15.3. The number of hydrogen-bond acceptors (Lipinski definition) is 13. The molecule has 22 nitrogen and oxygen atoms in total. The largest absolute Gasteiger partial charge is 0.490 e. The number of nitrogens with zero attached hydrogens (tertiary/aromatic N) is 3. The molecule has 0 unspecified atom stereocenters. The number of rotatable bonds is 30. The second-order valence-electron chi connectivity index (χ2n) is 20.2. The molecule has 6 amide bonds. The molecule has 1 aromatic heterocycles. The minimum atomic E-state index is -5.08. The Balaban J connectivity index is 0.00000230. The number of carboxylic acid groups (broad SMARTS) is 2. The molecule has 9 N–H and O–H groups in total. The monoisotopic (exact) mass is 1150 g/mol. The zero-order chi connectivity index (χ0) is 60.6. The Bertz CT molecular complexity index is 2560. The molecule has 0 bridgehead atoms. The van der Waals surface area contributed by atoms with E-state index in [1.54, 1.807) is 26.1 Å². The van der Waals surface area contributed by atoms with Gasteiger partial charge in [-0.3, -0.25) is 33.6 Å². The molecule has 0 saturated carbocycles. The Morgan fingerprint density at radius 1 is 0.827 bits per heavy atom. The topological polar surface area (TPSA) is 310 Å². The first-order valence-electron chi connectivity index (χ1n) is 26.1. The van der Waals surface area contributed by atoms with Crippen LogP contribution in [0.2, 0.25) is 0 Å². The van der Waals surface area contributed by atoms with Crippen LogP contribution in [0, 0.1) is 23.0 Å². The minimum Gasteiger partial charge on any atom is -0.481 e. The fourth-order valence-electron chi connectivity index (χ4n) is 8.79. The standard InChI is InChI=1S/C52H74F2N8O12.C2HF3O2/c1-33(2)46(59-49(69)41-13-10-19-61(41)51(71)40(29-45(66)67)57-43(64)17-21-72-23-25-74-26-24-73-22-18-55)50(70)58-39(48(68)56-6)16-20-62(44(65)32-63)47(52(3,4)5)42-27-35(37-28-36(53)14-15-38(37)54)31-60(42)30-34-11-8-7-9-12-34;3-2(4,5)1(6)7/h7-9,11-12,14-15,27-28,31,33,39-41,46-47,63H,10,13,16-26,29-30,32,55H2,1-6H3,(H,56,68)(H,57,64)(H,58,70)(H,59,69)(H,66,67);(H,6,7)/t39-,40-,41-,46-,47-;/m0./s1. The van der Waals surface area contributed by atoms with E-state index in [0.717, 1.165) is 23.8 Å². The highest BCUT2D eigenvalue weighted by Crippen LogP contribution is 2.41. The van der Waals surface area contributed by atoms with Crippen LogP contribution >= 0.6 is 0 Å². The number of carboxylic acids is 2. The van der Waals surface area contributed by atoms with Gasteiger partial charge in [0.1, 0.15) is 42.4 Å². The van der Waals surface area contributed by atoms with Crippen LogP contribution in [0.4, 0.5) is 22.0 Å². The number of likely N-dealkylation sites (N-methyl/N-ethyl adjacent to an activating group) is 1. The van der Waals surface area contributed by atoms with Crippen molar-refractivity contribution in [2.75, 3.05) is 72.9 Å². The fourth-order valence-corrected chi connectivity index (χ4v) is 8.79. The lowest BCUT2D eigenvalue weighted by Crippen LogP contribution is -2.59. The molecule has 4 rings (SSSR count). The number of aliphatic hydroxyl groups is 1. The average Bonchev–Trinajstić information content (AvgIpc) is 4.10. The molecule has 1 aliphatic rings. The predicted octanol–water partition coefficient (Wildman–Crippen LogP) is 3.13. The Kier molecular flexibility index (Phi) is 27.8. The highest BCUT2D eigenvalue weighted by Gasteiger charge is 2.42. The number of amides is 6. The normalized spacial score (nSPS) is 14.9. The highest BCUT2D eigenvalue weighted by molar-refractivity contribution is 5.97. The average molecular weight is 1160 g/mol. The summed E-state index contributed by atoms with van der Waals surface area (Å²) in [5.41, 5.74) is 6.31. The van der Waals surface area contributed by atoms with Gasteiger partial charge < -0.3 is 70.9 Å². The molecule has 2 heterocycles. The van der Waals surface area contributed by atoms with E-state index < -0.39 is 120 Å². The number of likely N-dealkylation sites (tertiary alicyclic amines) is 1. The van der Waals surface area contributed by atoms with Crippen molar-refractivity contribution in [2.45, 2.75) is 110 Å². The molecule has 27 heteroatoms. The lowest BCUT2D eigenvalue weighted by molar-refractivity contribution is -0.192. The number of carbonyl (C=O) groups excluding carboxylic acids is 6. The minimum absolute atomic E-state index is 0.00358. The molecule has 81 heavy (non-hydrogen) atoms. The van der Waals surface area contributed by atoms with Gasteiger partial charge in [0.2, 0.25) is 35.4 Å². The second-order valence-corrected chi connectivity index (χ2v) is 20.2. The lowest BCUT2D eigenvalue weighted by Gasteiger charge is -2.41. The number of halogens is 5. The van der Waals surface area contributed by atoms with Gasteiger partial charge in [-0.15, -0.1) is 0 Å². The number of carbonyl (C=O) groups is 8. The van der Waals surface area contributed by atoms with Gasteiger partial charge in [-0.25, -0.2) is 13.6 Å². The van der Waals surface area contributed by atoms with Crippen molar-refractivity contribution in [3.05, 3.63) is 83.7 Å². The van der Waals surface area contributed by atoms with Crippen LogP contribution in [-0.4, -0.2) is 180 Å². The molecule has 0 aliphatic carbocycles. The van der Waals surface area contributed by atoms with E-state index >= 15 is 4.39 Å². The zero-order valence-electron chi connectivity index (χ0n) is 46.2. The van der Waals surface area contributed by atoms with E-state index in [1.807, 2.05) is 55.7 Å². The number of alkyl halides is 3. The van der Waals surface area contributed by atoms with Gasteiger partial charge in [0.05, 0.1) is 52.1 Å². The Hall–Kier alpha value is -7.07. The third-order valence-electron chi connectivity index (χ3n) is 12.6. The van der Waals surface area contributed by atoms with Crippen molar-refractivity contribution in [3.63, 3.8) is 0 Å². The molecule has 0 spiro atoms. The third kappa shape index (κ3) is 22.1. The molecule has 450 valence electrons. The zero-order valence-corrected chi connectivity index (χ0v) is 46.2. The Labute approximate surface area is 466 Å². The molecular weight excluding hydrogens is 1080 g/mol. The summed E-state index contributed by atoms with van der Waals surface area (Å²) < 4.78 is 79.4. The number of aliphatic carboxylic acids is 2. The first-order valence-corrected chi connectivity index (χ1v) is 26.1. The van der Waals surface area contributed by atoms with Crippen molar-refractivity contribution in [3.8, 4) is 11.1 Å². The molecule has 5 atom stereocenters. The Morgan fingerprint density at radius 2 is 1.44 bits per heavy atom. The second kappa shape index (κ2) is 33.0. The van der Waals surface area contributed by atoms with E-state index in [-0.39, 0.29) is 64.3 Å². The first-order chi connectivity index (χ1) is 38.1. The number of nitrogens with two attached hydrogens (primary N) is 1. The highest BCUT2D eigenvalue weighted by atomic mass is 19.4. The number of nitrogens with one attached hydrogen (secondary N) is 4. The summed E-state index contributed by atoms with van der Waals surface area (Å²) in [5.74, 6) is -10.3. The summed E-state index contributed by atoms with van der Waals surface area (Å²) in [7, 11) is 1.36. The number of aromatic nitrogens is 1. The molecule has 1 fully saturated rings. The molecule has 1 saturated heterocycles. The molecule has 1 aliphatic heterocycles. The summed E-state index contributed by atoms with van der Waals surface area (Å²) in [4.78, 5) is 106.